The lowest BCUT2D eigenvalue weighted by Crippen LogP contribution is -1.87. The van der Waals surface area contributed by atoms with Gasteiger partial charge in [0.25, 0.3) is 0 Å². The van der Waals surface area contributed by atoms with Gasteiger partial charge in [-0.05, 0) is 6.07 Å². The zero-order valence-electron chi connectivity index (χ0n) is 6.61. The quantitative estimate of drug-likeness (QED) is 0.456. The van der Waals surface area contributed by atoms with E-state index in [1.165, 1.54) is 13.2 Å². The van der Waals surface area contributed by atoms with Gasteiger partial charge in [-0.25, -0.2) is 0 Å². The molecule has 0 heterocycles. The van der Waals surface area contributed by atoms with Crippen molar-refractivity contribution in [3.63, 3.8) is 0 Å². The third-order valence-corrected chi connectivity index (χ3v) is 1.48. The number of aromatic hydroxyl groups is 3. The highest BCUT2D eigenvalue weighted by molar-refractivity contribution is 5.48. The first-order chi connectivity index (χ1) is 5.65. The topological polar surface area (TPSA) is 69.9 Å². The summed E-state index contributed by atoms with van der Waals surface area (Å²) < 4.78 is 4.75. The van der Waals surface area contributed by atoms with Crippen LogP contribution in [-0.4, -0.2) is 22.4 Å². The highest BCUT2D eigenvalue weighted by atomic mass is 16.5. The molecule has 0 bridgehead atoms. The van der Waals surface area contributed by atoms with E-state index >= 15 is 0 Å². The summed E-state index contributed by atoms with van der Waals surface area (Å²) in [7, 11) is 1.48. The zero-order chi connectivity index (χ0) is 9.14. The van der Waals surface area contributed by atoms with Gasteiger partial charge in [-0.15, -0.1) is 0 Å². The maximum Gasteiger partial charge on any atom is 0.161 e. The van der Waals surface area contributed by atoms with Crippen molar-refractivity contribution in [3.8, 4) is 17.2 Å². The molecule has 0 saturated heterocycles. The van der Waals surface area contributed by atoms with Gasteiger partial charge in [0.2, 0.25) is 0 Å². The van der Waals surface area contributed by atoms with Crippen LogP contribution in [0, 0.1) is 0 Å². The fraction of sp³-hybridized carbons (Fsp3) is 0.250. The van der Waals surface area contributed by atoms with Crippen LogP contribution in [0.4, 0.5) is 0 Å². The van der Waals surface area contributed by atoms with Crippen molar-refractivity contribution >= 4 is 0 Å². The zero-order valence-corrected chi connectivity index (χ0v) is 6.61. The molecular formula is C8H10O4. The molecule has 1 aromatic carbocycles. The summed E-state index contributed by atoms with van der Waals surface area (Å²) in [6.07, 6.45) is 0. The fourth-order valence-electron chi connectivity index (χ4n) is 0.880. The van der Waals surface area contributed by atoms with Crippen molar-refractivity contribution < 1.29 is 20.1 Å². The largest absolute Gasteiger partial charge is 0.507 e. The Labute approximate surface area is 69.7 Å². The minimum atomic E-state index is -0.340. The van der Waals surface area contributed by atoms with E-state index in [2.05, 4.69) is 0 Å². The van der Waals surface area contributed by atoms with E-state index in [0.717, 1.165) is 6.07 Å². The number of rotatable bonds is 2. The van der Waals surface area contributed by atoms with E-state index in [4.69, 9.17) is 14.9 Å². The Kier molecular flexibility index (Phi) is 2.40. The van der Waals surface area contributed by atoms with Crippen LogP contribution in [0.15, 0.2) is 12.1 Å². The molecule has 0 atom stereocenters. The summed E-state index contributed by atoms with van der Waals surface area (Å²) >= 11 is 0. The predicted octanol–water partition coefficient (Wildman–Crippen LogP) is 0.950. The summed E-state index contributed by atoms with van der Waals surface area (Å²) in [5, 5.41) is 27.2. The van der Waals surface area contributed by atoms with E-state index < -0.39 is 0 Å². The van der Waals surface area contributed by atoms with E-state index in [9.17, 15) is 5.11 Å². The van der Waals surface area contributed by atoms with Gasteiger partial charge in [-0.2, -0.15) is 0 Å². The number of benzene rings is 1. The minimum absolute atomic E-state index is 0.0906. The van der Waals surface area contributed by atoms with Crippen LogP contribution in [-0.2, 0) is 11.3 Å². The van der Waals surface area contributed by atoms with E-state index in [1.54, 1.807) is 0 Å². The van der Waals surface area contributed by atoms with Gasteiger partial charge in [0.1, 0.15) is 5.75 Å². The number of hydrogen-bond acceptors (Lipinski definition) is 4. The molecule has 0 aliphatic carbocycles. The normalized spacial score (nSPS) is 10.1. The smallest absolute Gasteiger partial charge is 0.161 e. The molecule has 0 amide bonds. The van der Waals surface area contributed by atoms with Gasteiger partial charge >= 0.3 is 0 Å². The molecule has 0 fully saturated rings. The standard InChI is InChI=1S/C8H10O4/c1-12-4-5-2-7(10)8(11)3-6(5)9/h2-3,9-11H,4H2,1H3. The SMILES string of the molecule is COCc1cc(O)c(O)cc1O. The average Bonchev–Trinajstić information content (AvgIpc) is 2.01. The number of phenolic OH excluding ortho intramolecular Hbond substituents is 3. The number of phenols is 3. The van der Waals surface area contributed by atoms with Crippen LogP contribution in [0.25, 0.3) is 0 Å². The van der Waals surface area contributed by atoms with Crippen molar-refractivity contribution in [2.75, 3.05) is 7.11 Å². The number of methoxy groups -OCH3 is 1. The summed E-state index contributed by atoms with van der Waals surface area (Å²) in [4.78, 5) is 0. The molecule has 0 aliphatic rings. The molecule has 0 aliphatic heterocycles. The molecule has 0 saturated carbocycles. The monoisotopic (exact) mass is 170 g/mol. The minimum Gasteiger partial charge on any atom is -0.507 e. The molecule has 1 rings (SSSR count). The van der Waals surface area contributed by atoms with Crippen molar-refractivity contribution in [1.29, 1.82) is 0 Å². The Morgan fingerprint density at radius 1 is 1.08 bits per heavy atom. The Bertz CT molecular complexity index is 283. The second kappa shape index (κ2) is 3.32. The van der Waals surface area contributed by atoms with Gasteiger partial charge in [0.05, 0.1) is 6.61 Å². The second-order valence-corrected chi connectivity index (χ2v) is 2.40. The Morgan fingerprint density at radius 2 is 1.67 bits per heavy atom. The molecule has 0 spiro atoms. The van der Waals surface area contributed by atoms with Crippen molar-refractivity contribution in [2.45, 2.75) is 6.61 Å². The van der Waals surface area contributed by atoms with Gasteiger partial charge in [-0.1, -0.05) is 0 Å². The summed E-state index contributed by atoms with van der Waals surface area (Å²) in [6.45, 7) is 0.194. The van der Waals surface area contributed by atoms with Gasteiger partial charge < -0.3 is 20.1 Å². The Hall–Kier alpha value is -1.42. The number of ether oxygens (including phenoxy) is 1. The second-order valence-electron chi connectivity index (χ2n) is 2.40. The summed E-state index contributed by atoms with van der Waals surface area (Å²) in [5.74, 6) is -0.695. The Balaban J connectivity index is 3.05. The molecule has 0 aromatic heterocycles. The van der Waals surface area contributed by atoms with E-state index in [0.29, 0.717) is 5.56 Å². The summed E-state index contributed by atoms with van der Waals surface area (Å²) in [6, 6.07) is 2.33. The molecule has 0 radical (unpaired) electrons. The lowest BCUT2D eigenvalue weighted by atomic mass is 10.2. The van der Waals surface area contributed by atoms with Crippen molar-refractivity contribution in [2.24, 2.45) is 0 Å². The van der Waals surface area contributed by atoms with Crippen LogP contribution in [0.1, 0.15) is 5.56 Å². The third kappa shape index (κ3) is 1.60. The molecular weight excluding hydrogens is 160 g/mol. The van der Waals surface area contributed by atoms with Gasteiger partial charge in [0, 0.05) is 18.7 Å². The van der Waals surface area contributed by atoms with Gasteiger partial charge in [0.15, 0.2) is 11.5 Å². The first-order valence-corrected chi connectivity index (χ1v) is 3.38. The van der Waals surface area contributed by atoms with Crippen LogP contribution >= 0.6 is 0 Å². The predicted molar refractivity (Wildman–Crippen MR) is 42.1 cm³/mol. The lowest BCUT2D eigenvalue weighted by molar-refractivity contribution is 0.181. The fourth-order valence-corrected chi connectivity index (χ4v) is 0.880. The number of hydrogen-bond donors (Lipinski definition) is 3. The van der Waals surface area contributed by atoms with Crippen molar-refractivity contribution in [3.05, 3.63) is 17.7 Å². The maximum atomic E-state index is 9.20. The molecule has 1 aromatic rings. The molecule has 0 unspecified atom stereocenters. The first kappa shape index (κ1) is 8.67. The van der Waals surface area contributed by atoms with Crippen molar-refractivity contribution in [1.82, 2.24) is 0 Å². The Morgan fingerprint density at radius 3 is 2.25 bits per heavy atom. The highest BCUT2D eigenvalue weighted by Crippen LogP contribution is 2.32. The molecule has 66 valence electrons. The average molecular weight is 170 g/mol. The first-order valence-electron chi connectivity index (χ1n) is 3.38. The van der Waals surface area contributed by atoms with Gasteiger partial charge in [-0.3, -0.25) is 0 Å². The molecule has 12 heavy (non-hydrogen) atoms. The third-order valence-electron chi connectivity index (χ3n) is 1.48. The molecule has 3 N–H and O–H groups in total. The summed E-state index contributed by atoms with van der Waals surface area (Å²) in [5.41, 5.74) is 0.438. The highest BCUT2D eigenvalue weighted by Gasteiger charge is 2.06. The molecule has 4 nitrogen and oxygen atoms in total. The van der Waals surface area contributed by atoms with Crippen LogP contribution in [0.5, 0.6) is 17.2 Å². The van der Waals surface area contributed by atoms with Crippen LogP contribution < -0.4 is 0 Å². The lowest BCUT2D eigenvalue weighted by Gasteiger charge is -2.04. The van der Waals surface area contributed by atoms with Crippen LogP contribution in [0.2, 0.25) is 0 Å². The van der Waals surface area contributed by atoms with E-state index in [1.807, 2.05) is 0 Å². The maximum absolute atomic E-state index is 9.20. The molecule has 4 heteroatoms. The van der Waals surface area contributed by atoms with Crippen LogP contribution in [0.3, 0.4) is 0 Å². The van der Waals surface area contributed by atoms with E-state index in [-0.39, 0.29) is 23.9 Å².